The Morgan fingerprint density at radius 1 is 1.39 bits per heavy atom. The summed E-state index contributed by atoms with van der Waals surface area (Å²) in [5.41, 5.74) is 0.320. The van der Waals surface area contributed by atoms with Gasteiger partial charge in [0.2, 0.25) is 0 Å². The summed E-state index contributed by atoms with van der Waals surface area (Å²) >= 11 is 0. The Kier molecular flexibility index (Phi) is 5.66. The van der Waals surface area contributed by atoms with Gasteiger partial charge in [0.1, 0.15) is 0 Å². The fourth-order valence-electron chi connectivity index (χ4n) is 2.06. The van der Waals surface area contributed by atoms with Crippen LogP contribution in [0.5, 0.6) is 0 Å². The van der Waals surface area contributed by atoms with Gasteiger partial charge in [0.25, 0.3) is 0 Å². The molecule has 0 unspecified atom stereocenters. The first-order valence-corrected chi connectivity index (χ1v) is 6.74. The van der Waals surface area contributed by atoms with Crippen LogP contribution in [0, 0.1) is 11.3 Å². The van der Waals surface area contributed by atoms with E-state index in [4.69, 9.17) is 5.11 Å². The molecule has 0 spiro atoms. The number of aliphatic hydroxyl groups excluding tert-OH is 1. The molecule has 0 aromatic rings. The second-order valence-corrected chi connectivity index (χ2v) is 6.23. The Hall–Kier alpha value is -1.03. The lowest BCUT2D eigenvalue weighted by Crippen LogP contribution is -2.41. The topological polar surface area (TPSA) is 61.4 Å². The van der Waals surface area contributed by atoms with Crippen molar-refractivity contribution in [3.63, 3.8) is 0 Å². The molecule has 0 radical (unpaired) electrons. The zero-order valence-corrected chi connectivity index (χ0v) is 11.7. The summed E-state index contributed by atoms with van der Waals surface area (Å²) in [6, 6.07) is -0.0538. The first-order valence-electron chi connectivity index (χ1n) is 6.74. The van der Waals surface area contributed by atoms with Crippen LogP contribution in [0.25, 0.3) is 0 Å². The van der Waals surface area contributed by atoms with Crippen LogP contribution in [-0.4, -0.2) is 30.3 Å². The lowest BCUT2D eigenvalue weighted by Gasteiger charge is -2.18. The number of hydrogen-bond donors (Lipinski definition) is 3. The van der Waals surface area contributed by atoms with Crippen molar-refractivity contribution in [1.82, 2.24) is 10.6 Å². The van der Waals surface area contributed by atoms with E-state index in [1.807, 2.05) is 12.2 Å². The Bertz CT molecular complexity index is 295. The highest BCUT2D eigenvalue weighted by atomic mass is 16.3. The minimum atomic E-state index is -0.114. The van der Waals surface area contributed by atoms with Crippen molar-refractivity contribution < 1.29 is 9.90 Å². The largest absolute Gasteiger partial charge is 0.396 e. The molecule has 0 bridgehead atoms. The first-order chi connectivity index (χ1) is 8.40. The molecule has 0 saturated heterocycles. The normalized spacial score (nSPS) is 23.1. The Labute approximate surface area is 110 Å². The maximum absolute atomic E-state index is 11.6. The molecule has 0 saturated carbocycles. The molecule has 104 valence electrons. The second-order valence-electron chi connectivity index (χ2n) is 6.23. The number of carbonyl (C=O) groups excluding carboxylic acids is 1. The highest BCUT2D eigenvalue weighted by Crippen LogP contribution is 2.19. The second kappa shape index (κ2) is 6.78. The van der Waals surface area contributed by atoms with Crippen LogP contribution in [0.15, 0.2) is 12.2 Å². The summed E-state index contributed by atoms with van der Waals surface area (Å²) in [6.45, 7) is 7.47. The van der Waals surface area contributed by atoms with E-state index >= 15 is 0 Å². The fourth-order valence-corrected chi connectivity index (χ4v) is 2.06. The van der Waals surface area contributed by atoms with Gasteiger partial charge in [-0.25, -0.2) is 4.79 Å². The Morgan fingerprint density at radius 2 is 2.11 bits per heavy atom. The molecule has 0 heterocycles. The summed E-state index contributed by atoms with van der Waals surface area (Å²) in [5, 5.41) is 14.7. The van der Waals surface area contributed by atoms with Gasteiger partial charge in [-0.05, 0) is 24.7 Å². The molecule has 18 heavy (non-hydrogen) atoms. The van der Waals surface area contributed by atoms with Crippen molar-refractivity contribution in [2.75, 3.05) is 13.2 Å². The molecular weight excluding hydrogens is 228 g/mol. The molecule has 1 aliphatic rings. The summed E-state index contributed by atoms with van der Waals surface area (Å²) < 4.78 is 0. The maximum Gasteiger partial charge on any atom is 0.315 e. The van der Waals surface area contributed by atoms with E-state index in [1.165, 1.54) is 0 Å². The van der Waals surface area contributed by atoms with Gasteiger partial charge >= 0.3 is 6.03 Å². The van der Waals surface area contributed by atoms with Gasteiger partial charge < -0.3 is 15.7 Å². The maximum atomic E-state index is 11.6. The van der Waals surface area contributed by atoms with E-state index in [2.05, 4.69) is 31.4 Å². The number of nitrogens with one attached hydrogen (secondary N) is 2. The fraction of sp³-hybridized carbons (Fsp3) is 0.786. The highest BCUT2D eigenvalue weighted by molar-refractivity contribution is 5.74. The van der Waals surface area contributed by atoms with Crippen LogP contribution in [-0.2, 0) is 0 Å². The molecule has 4 heteroatoms. The number of carbonyl (C=O) groups is 1. The van der Waals surface area contributed by atoms with Gasteiger partial charge in [0, 0.05) is 25.1 Å². The minimum Gasteiger partial charge on any atom is -0.396 e. The molecule has 1 rings (SSSR count). The van der Waals surface area contributed by atoms with Crippen LogP contribution in [0.1, 0.15) is 40.0 Å². The number of hydrogen-bond acceptors (Lipinski definition) is 2. The molecule has 4 nitrogen and oxygen atoms in total. The summed E-state index contributed by atoms with van der Waals surface area (Å²) in [4.78, 5) is 11.6. The molecule has 0 aromatic carbocycles. The Balaban J connectivity index is 2.10. The molecule has 0 aromatic heterocycles. The predicted molar refractivity (Wildman–Crippen MR) is 73.3 cm³/mol. The summed E-state index contributed by atoms with van der Waals surface area (Å²) in [7, 11) is 0. The number of amides is 2. The summed E-state index contributed by atoms with van der Waals surface area (Å²) in [6.07, 6.45) is 6.81. The van der Waals surface area contributed by atoms with Crippen LogP contribution in [0.2, 0.25) is 0 Å². The van der Waals surface area contributed by atoms with Crippen molar-refractivity contribution in [2.45, 2.75) is 46.1 Å². The monoisotopic (exact) mass is 254 g/mol. The van der Waals surface area contributed by atoms with E-state index in [0.29, 0.717) is 12.0 Å². The lowest BCUT2D eigenvalue weighted by atomic mass is 9.91. The number of aliphatic hydroxyl groups is 1. The van der Waals surface area contributed by atoms with Crippen LogP contribution in [0.4, 0.5) is 4.79 Å². The van der Waals surface area contributed by atoms with Crippen LogP contribution >= 0.6 is 0 Å². The molecular formula is C14H26N2O2. The van der Waals surface area contributed by atoms with Crippen molar-refractivity contribution in [3.05, 3.63) is 12.2 Å². The molecule has 3 N–H and O–H groups in total. The minimum absolute atomic E-state index is 0.0600. The molecule has 2 atom stereocenters. The average Bonchev–Trinajstić information content (AvgIpc) is 2.71. The molecule has 2 amide bonds. The third kappa shape index (κ3) is 6.05. The van der Waals surface area contributed by atoms with Gasteiger partial charge in [-0.15, -0.1) is 0 Å². The van der Waals surface area contributed by atoms with E-state index in [-0.39, 0.29) is 24.6 Å². The number of rotatable bonds is 5. The molecule has 0 fully saturated rings. The standard InChI is InChI=1S/C14H26N2O2/c1-14(2,3)7-4-8-15-13(18)16-12-6-5-11(9-12)10-17/h5-6,11-12,17H,4,7-10H2,1-3H3,(H2,15,16,18)/t11-,12+/m0/s1. The zero-order chi connectivity index (χ0) is 13.6. The van der Waals surface area contributed by atoms with E-state index in [9.17, 15) is 4.79 Å². The third-order valence-corrected chi connectivity index (χ3v) is 3.11. The van der Waals surface area contributed by atoms with Crippen LogP contribution in [0.3, 0.4) is 0 Å². The van der Waals surface area contributed by atoms with Gasteiger partial charge in [0.05, 0.1) is 0 Å². The van der Waals surface area contributed by atoms with E-state index in [1.54, 1.807) is 0 Å². The molecule has 0 aliphatic heterocycles. The quantitative estimate of drug-likeness (QED) is 0.519. The van der Waals surface area contributed by atoms with Gasteiger partial charge in [-0.2, -0.15) is 0 Å². The first kappa shape index (κ1) is 15.0. The van der Waals surface area contributed by atoms with E-state index < -0.39 is 0 Å². The Morgan fingerprint density at radius 3 is 2.67 bits per heavy atom. The van der Waals surface area contributed by atoms with Gasteiger partial charge in [0.15, 0.2) is 0 Å². The van der Waals surface area contributed by atoms with Gasteiger partial charge in [-0.3, -0.25) is 0 Å². The van der Waals surface area contributed by atoms with Crippen molar-refractivity contribution in [2.24, 2.45) is 11.3 Å². The van der Waals surface area contributed by atoms with E-state index in [0.717, 1.165) is 19.3 Å². The van der Waals surface area contributed by atoms with Crippen molar-refractivity contribution in [3.8, 4) is 0 Å². The zero-order valence-electron chi connectivity index (χ0n) is 11.7. The average molecular weight is 254 g/mol. The summed E-state index contributed by atoms with van der Waals surface area (Å²) in [5.74, 6) is 0.191. The van der Waals surface area contributed by atoms with Crippen LogP contribution < -0.4 is 10.6 Å². The van der Waals surface area contributed by atoms with Crippen molar-refractivity contribution in [1.29, 1.82) is 0 Å². The number of urea groups is 1. The van der Waals surface area contributed by atoms with Crippen molar-refractivity contribution >= 4 is 6.03 Å². The van der Waals surface area contributed by atoms with Gasteiger partial charge in [-0.1, -0.05) is 32.9 Å². The predicted octanol–water partition coefficient (Wildman–Crippen LogP) is 2.05. The molecule has 1 aliphatic carbocycles. The highest BCUT2D eigenvalue weighted by Gasteiger charge is 2.19. The third-order valence-electron chi connectivity index (χ3n) is 3.11. The lowest BCUT2D eigenvalue weighted by molar-refractivity contribution is 0.230. The smallest absolute Gasteiger partial charge is 0.315 e. The SMILES string of the molecule is CC(C)(C)CCCNC(=O)N[C@@H]1C=C[C@H](CO)C1.